The van der Waals surface area contributed by atoms with Crippen LogP contribution in [0.1, 0.15) is 22.2 Å². The monoisotopic (exact) mass is 224 g/mol. The Kier molecular flexibility index (Phi) is 2.45. The van der Waals surface area contributed by atoms with Crippen LogP contribution in [0.15, 0.2) is 12.4 Å². The summed E-state index contributed by atoms with van der Waals surface area (Å²) in [6.45, 7) is 1.86. The Morgan fingerprint density at radius 2 is 2.33 bits per heavy atom. The second kappa shape index (κ2) is 3.63. The number of aliphatic hydroxyl groups is 1. The van der Waals surface area contributed by atoms with Crippen molar-refractivity contribution in [3.05, 3.63) is 28.5 Å². The molecule has 80 valence electrons. The van der Waals surface area contributed by atoms with E-state index >= 15 is 0 Å². The van der Waals surface area contributed by atoms with Crippen LogP contribution in [-0.2, 0) is 7.05 Å². The van der Waals surface area contributed by atoms with Gasteiger partial charge in [0.25, 0.3) is 0 Å². The van der Waals surface area contributed by atoms with E-state index < -0.39 is 6.10 Å². The van der Waals surface area contributed by atoms with Gasteiger partial charge in [-0.1, -0.05) is 11.3 Å². The lowest BCUT2D eigenvalue weighted by Gasteiger charge is -2.05. The molecule has 2 rings (SSSR count). The van der Waals surface area contributed by atoms with Gasteiger partial charge in [0, 0.05) is 25.0 Å². The van der Waals surface area contributed by atoms with E-state index in [-0.39, 0.29) is 0 Å². The molecule has 0 fully saturated rings. The minimum atomic E-state index is -0.687. The summed E-state index contributed by atoms with van der Waals surface area (Å²) in [5, 5.41) is 14.7. The quantitative estimate of drug-likeness (QED) is 0.792. The Morgan fingerprint density at radius 3 is 2.80 bits per heavy atom. The zero-order valence-corrected chi connectivity index (χ0v) is 9.32. The van der Waals surface area contributed by atoms with Gasteiger partial charge in [-0.15, -0.1) is 0 Å². The molecule has 0 aliphatic carbocycles. The summed E-state index contributed by atoms with van der Waals surface area (Å²) in [4.78, 5) is 4.65. The average molecular weight is 224 g/mol. The van der Waals surface area contributed by atoms with Crippen molar-refractivity contribution in [3.63, 3.8) is 0 Å². The number of nitrogens with two attached hydrogens (primary N) is 1. The molecule has 0 saturated heterocycles. The van der Waals surface area contributed by atoms with E-state index in [1.165, 1.54) is 11.3 Å². The SMILES string of the molecule is Cc1nn(C)cc1C(O)c1cnc(N)s1. The van der Waals surface area contributed by atoms with Crippen molar-refractivity contribution in [2.24, 2.45) is 7.05 Å². The number of hydrogen-bond donors (Lipinski definition) is 2. The number of nitrogens with zero attached hydrogens (tertiary/aromatic N) is 3. The van der Waals surface area contributed by atoms with Gasteiger partial charge in [-0.25, -0.2) is 4.98 Å². The molecule has 2 aromatic rings. The number of anilines is 1. The third-order valence-electron chi connectivity index (χ3n) is 2.16. The van der Waals surface area contributed by atoms with E-state index in [1.54, 1.807) is 17.1 Å². The van der Waals surface area contributed by atoms with E-state index in [2.05, 4.69) is 10.1 Å². The van der Waals surface area contributed by atoms with Gasteiger partial charge in [-0.05, 0) is 6.92 Å². The highest BCUT2D eigenvalue weighted by Crippen LogP contribution is 2.28. The van der Waals surface area contributed by atoms with Gasteiger partial charge in [0.15, 0.2) is 5.13 Å². The lowest BCUT2D eigenvalue weighted by Crippen LogP contribution is -1.97. The molecule has 0 aromatic carbocycles. The molecule has 2 heterocycles. The number of hydrogen-bond acceptors (Lipinski definition) is 5. The minimum absolute atomic E-state index is 0.464. The summed E-state index contributed by atoms with van der Waals surface area (Å²) in [7, 11) is 1.82. The van der Waals surface area contributed by atoms with Gasteiger partial charge in [0.1, 0.15) is 6.10 Å². The van der Waals surface area contributed by atoms with E-state index in [9.17, 15) is 5.11 Å². The first kappa shape index (κ1) is 10.1. The summed E-state index contributed by atoms with van der Waals surface area (Å²) >= 11 is 1.29. The highest BCUT2D eigenvalue weighted by atomic mass is 32.1. The first-order valence-corrected chi connectivity index (χ1v) is 5.29. The number of aryl methyl sites for hydroxylation is 2. The largest absolute Gasteiger partial charge is 0.383 e. The van der Waals surface area contributed by atoms with Crippen molar-refractivity contribution >= 4 is 16.5 Å². The molecular weight excluding hydrogens is 212 g/mol. The van der Waals surface area contributed by atoms with Gasteiger partial charge in [-0.2, -0.15) is 5.10 Å². The fraction of sp³-hybridized carbons (Fsp3) is 0.333. The molecule has 2 aromatic heterocycles. The van der Waals surface area contributed by atoms with Crippen molar-refractivity contribution in [2.45, 2.75) is 13.0 Å². The van der Waals surface area contributed by atoms with E-state index in [1.807, 2.05) is 14.0 Å². The van der Waals surface area contributed by atoms with Gasteiger partial charge in [0.2, 0.25) is 0 Å². The molecule has 15 heavy (non-hydrogen) atoms. The highest BCUT2D eigenvalue weighted by Gasteiger charge is 2.17. The van der Waals surface area contributed by atoms with Crippen molar-refractivity contribution in [2.75, 3.05) is 5.73 Å². The Labute approximate surface area is 91.2 Å². The zero-order chi connectivity index (χ0) is 11.0. The van der Waals surface area contributed by atoms with Crippen LogP contribution in [0, 0.1) is 6.92 Å². The minimum Gasteiger partial charge on any atom is -0.383 e. The first-order valence-electron chi connectivity index (χ1n) is 4.47. The molecule has 0 amide bonds. The predicted molar refractivity (Wildman–Crippen MR) is 58.5 cm³/mol. The Balaban J connectivity index is 2.35. The molecule has 5 nitrogen and oxygen atoms in total. The van der Waals surface area contributed by atoms with Crippen LogP contribution in [0.5, 0.6) is 0 Å². The molecule has 1 atom stereocenters. The maximum atomic E-state index is 10.1. The molecule has 3 N–H and O–H groups in total. The summed E-state index contributed by atoms with van der Waals surface area (Å²) in [6.07, 6.45) is 2.71. The molecule has 1 unspecified atom stereocenters. The highest BCUT2D eigenvalue weighted by molar-refractivity contribution is 7.15. The van der Waals surface area contributed by atoms with Crippen molar-refractivity contribution < 1.29 is 5.11 Å². The Morgan fingerprint density at radius 1 is 1.60 bits per heavy atom. The summed E-state index contributed by atoms with van der Waals surface area (Å²) in [6, 6.07) is 0. The van der Waals surface area contributed by atoms with Gasteiger partial charge < -0.3 is 10.8 Å². The van der Waals surface area contributed by atoms with Gasteiger partial charge >= 0.3 is 0 Å². The van der Waals surface area contributed by atoms with Crippen LogP contribution >= 0.6 is 11.3 Å². The van der Waals surface area contributed by atoms with E-state index in [0.717, 1.165) is 16.1 Å². The van der Waals surface area contributed by atoms with E-state index in [4.69, 9.17) is 5.73 Å². The maximum Gasteiger partial charge on any atom is 0.180 e. The number of aliphatic hydroxyl groups excluding tert-OH is 1. The lowest BCUT2D eigenvalue weighted by atomic mass is 10.1. The molecule has 0 radical (unpaired) electrons. The number of rotatable bonds is 2. The predicted octanol–water partition coefficient (Wildman–Crippen LogP) is 0.849. The first-order chi connectivity index (χ1) is 7.08. The number of nitrogen functional groups attached to an aromatic ring is 1. The van der Waals surface area contributed by atoms with Gasteiger partial charge in [-0.3, -0.25) is 4.68 Å². The van der Waals surface area contributed by atoms with Crippen LogP contribution in [0.25, 0.3) is 0 Å². The van der Waals surface area contributed by atoms with Crippen LogP contribution in [-0.4, -0.2) is 19.9 Å². The van der Waals surface area contributed by atoms with Crippen molar-refractivity contribution in [1.29, 1.82) is 0 Å². The summed E-state index contributed by atoms with van der Waals surface area (Å²) in [5.41, 5.74) is 7.12. The Hall–Kier alpha value is -1.40. The van der Waals surface area contributed by atoms with Crippen LogP contribution in [0.2, 0.25) is 0 Å². The normalized spacial score (nSPS) is 13.0. The smallest absolute Gasteiger partial charge is 0.180 e. The Bertz CT molecular complexity index is 476. The molecule has 0 saturated carbocycles. The molecule has 6 heteroatoms. The fourth-order valence-electron chi connectivity index (χ4n) is 1.47. The molecule has 0 spiro atoms. The molecule has 0 aliphatic rings. The number of aromatic nitrogens is 3. The third kappa shape index (κ3) is 1.86. The second-order valence-corrected chi connectivity index (χ2v) is 4.44. The van der Waals surface area contributed by atoms with Crippen molar-refractivity contribution in [3.8, 4) is 0 Å². The zero-order valence-electron chi connectivity index (χ0n) is 8.51. The fourth-order valence-corrected chi connectivity index (χ4v) is 2.16. The standard InChI is InChI=1S/C9H12N4OS/c1-5-6(4-13(2)12-5)8(14)7-3-11-9(10)15-7/h3-4,8,14H,1-2H3,(H2,10,11). The third-order valence-corrected chi connectivity index (χ3v) is 3.04. The second-order valence-electron chi connectivity index (χ2n) is 3.35. The van der Waals surface area contributed by atoms with Crippen LogP contribution in [0.3, 0.4) is 0 Å². The van der Waals surface area contributed by atoms with Gasteiger partial charge in [0.05, 0.1) is 10.6 Å². The number of thiazole rings is 1. The molecular formula is C9H12N4OS. The molecule has 0 bridgehead atoms. The lowest BCUT2D eigenvalue weighted by molar-refractivity contribution is 0.223. The summed E-state index contributed by atoms with van der Waals surface area (Å²) < 4.78 is 1.68. The van der Waals surface area contributed by atoms with Crippen LogP contribution in [0.4, 0.5) is 5.13 Å². The average Bonchev–Trinajstić information content (AvgIpc) is 2.71. The maximum absolute atomic E-state index is 10.1. The van der Waals surface area contributed by atoms with E-state index in [0.29, 0.717) is 5.13 Å². The summed E-state index contributed by atoms with van der Waals surface area (Å²) in [5.74, 6) is 0. The molecule has 0 aliphatic heterocycles. The van der Waals surface area contributed by atoms with Crippen molar-refractivity contribution in [1.82, 2.24) is 14.8 Å². The van der Waals surface area contributed by atoms with Crippen LogP contribution < -0.4 is 5.73 Å². The topological polar surface area (TPSA) is 77.0 Å².